The molecule has 1 fully saturated rings. The van der Waals surface area contributed by atoms with Crippen LogP contribution in [0.25, 0.3) is 10.9 Å². The number of aromatic amines is 1. The van der Waals surface area contributed by atoms with Crippen LogP contribution < -0.4 is 5.56 Å². The third-order valence-corrected chi connectivity index (χ3v) is 7.50. The molecule has 0 saturated carbocycles. The number of pyridine rings is 1. The molecule has 0 spiro atoms. The molecule has 4 aromatic rings. The van der Waals surface area contributed by atoms with E-state index in [9.17, 15) is 4.79 Å². The predicted molar refractivity (Wildman–Crippen MR) is 144 cm³/mol. The molecule has 1 aliphatic heterocycles. The standard InChI is InChI=1S/C28H33ClN6O2/c1-3-8-25(27-31-32-33-35(27)18-23-12-7-14-37-23)34(16-21-10-4-5-13-24(21)29)17-22-15-20-11-6-9-19(2)26(20)30-28(22)36/h4-6,9-11,13,15,23,25H,3,7-8,12,14,16-18H2,1-2H3,(H,30,36). The van der Waals surface area contributed by atoms with E-state index in [1.807, 2.05) is 60.1 Å². The minimum absolute atomic E-state index is 0.0832. The van der Waals surface area contributed by atoms with Crippen LogP contribution in [0.15, 0.2) is 53.3 Å². The molecule has 9 heteroatoms. The normalized spacial score (nSPS) is 16.6. The molecule has 0 bridgehead atoms. The molecule has 2 atom stereocenters. The third-order valence-electron chi connectivity index (χ3n) is 7.13. The van der Waals surface area contributed by atoms with Gasteiger partial charge in [-0.05, 0) is 65.3 Å². The van der Waals surface area contributed by atoms with Crippen LogP contribution in [-0.4, -0.2) is 42.8 Å². The van der Waals surface area contributed by atoms with Gasteiger partial charge in [-0.25, -0.2) is 4.68 Å². The first kappa shape index (κ1) is 25.6. The summed E-state index contributed by atoms with van der Waals surface area (Å²) in [6, 6.07) is 15.8. The van der Waals surface area contributed by atoms with E-state index in [0.717, 1.165) is 60.1 Å². The van der Waals surface area contributed by atoms with Gasteiger partial charge in [0.2, 0.25) is 0 Å². The molecule has 2 unspecified atom stereocenters. The fraction of sp³-hybridized carbons (Fsp3) is 0.429. The Morgan fingerprint density at radius 1 is 1.19 bits per heavy atom. The monoisotopic (exact) mass is 520 g/mol. The van der Waals surface area contributed by atoms with Gasteiger partial charge in [-0.2, -0.15) is 0 Å². The lowest BCUT2D eigenvalue weighted by atomic mass is 10.0. The summed E-state index contributed by atoms with van der Waals surface area (Å²) in [4.78, 5) is 18.6. The molecule has 5 rings (SSSR count). The smallest absolute Gasteiger partial charge is 0.252 e. The number of aryl methyl sites for hydroxylation is 1. The van der Waals surface area contributed by atoms with E-state index in [4.69, 9.17) is 16.3 Å². The summed E-state index contributed by atoms with van der Waals surface area (Å²) in [6.07, 6.45) is 3.95. The van der Waals surface area contributed by atoms with Crippen molar-refractivity contribution in [3.05, 3.63) is 86.4 Å². The van der Waals surface area contributed by atoms with Crippen LogP contribution in [0.1, 0.15) is 61.2 Å². The molecule has 2 aromatic heterocycles. The zero-order valence-electron chi connectivity index (χ0n) is 21.4. The quantitative estimate of drug-likeness (QED) is 0.309. The predicted octanol–water partition coefficient (Wildman–Crippen LogP) is 5.20. The van der Waals surface area contributed by atoms with Crippen molar-refractivity contribution in [3.63, 3.8) is 0 Å². The molecule has 0 radical (unpaired) electrons. The summed E-state index contributed by atoms with van der Waals surface area (Å²) >= 11 is 6.59. The number of H-pyrrole nitrogens is 1. The molecule has 1 aliphatic rings. The molecule has 0 amide bonds. The van der Waals surface area contributed by atoms with Gasteiger partial charge in [-0.3, -0.25) is 9.69 Å². The van der Waals surface area contributed by atoms with Gasteiger partial charge in [0, 0.05) is 30.3 Å². The third kappa shape index (κ3) is 5.76. The van der Waals surface area contributed by atoms with Crippen molar-refractivity contribution in [2.24, 2.45) is 0 Å². The number of ether oxygens (including phenoxy) is 1. The van der Waals surface area contributed by atoms with Gasteiger partial charge in [0.05, 0.1) is 24.2 Å². The number of tetrazole rings is 1. The van der Waals surface area contributed by atoms with E-state index in [1.165, 1.54) is 0 Å². The van der Waals surface area contributed by atoms with Crippen molar-refractivity contribution in [2.75, 3.05) is 6.61 Å². The first-order valence-corrected chi connectivity index (χ1v) is 13.4. The lowest BCUT2D eigenvalue weighted by Crippen LogP contribution is -2.33. The molecule has 37 heavy (non-hydrogen) atoms. The summed E-state index contributed by atoms with van der Waals surface area (Å²) in [7, 11) is 0. The van der Waals surface area contributed by atoms with Crippen LogP contribution in [0.5, 0.6) is 0 Å². The van der Waals surface area contributed by atoms with Gasteiger partial charge in [-0.1, -0.05) is 61.3 Å². The number of hydrogen-bond donors (Lipinski definition) is 1. The van der Waals surface area contributed by atoms with Gasteiger partial charge in [0.15, 0.2) is 5.82 Å². The molecule has 194 valence electrons. The molecule has 1 N–H and O–H groups in total. The number of para-hydroxylation sites is 1. The fourth-order valence-corrected chi connectivity index (χ4v) is 5.39. The Bertz CT molecular complexity index is 1410. The summed E-state index contributed by atoms with van der Waals surface area (Å²) < 4.78 is 7.74. The van der Waals surface area contributed by atoms with Crippen LogP contribution in [0.4, 0.5) is 0 Å². The van der Waals surface area contributed by atoms with Crippen LogP contribution in [-0.2, 0) is 24.4 Å². The summed E-state index contributed by atoms with van der Waals surface area (Å²) in [5, 5.41) is 14.5. The average Bonchev–Trinajstić information content (AvgIpc) is 3.57. The molecule has 1 saturated heterocycles. The number of nitrogens with one attached hydrogen (secondary N) is 1. The van der Waals surface area contributed by atoms with Gasteiger partial charge in [0.25, 0.3) is 5.56 Å². The van der Waals surface area contributed by atoms with E-state index in [1.54, 1.807) is 0 Å². The number of aromatic nitrogens is 5. The summed E-state index contributed by atoms with van der Waals surface area (Å²) in [5.41, 5.74) is 3.53. The van der Waals surface area contributed by atoms with Crippen LogP contribution >= 0.6 is 11.6 Å². The van der Waals surface area contributed by atoms with Gasteiger partial charge < -0.3 is 9.72 Å². The topological polar surface area (TPSA) is 88.9 Å². The maximum Gasteiger partial charge on any atom is 0.252 e. The Morgan fingerprint density at radius 2 is 2.03 bits per heavy atom. The number of halogens is 1. The Hall–Kier alpha value is -3.07. The Kier molecular flexibility index (Phi) is 7.98. The lowest BCUT2D eigenvalue weighted by molar-refractivity contribution is 0.0885. The van der Waals surface area contributed by atoms with E-state index in [0.29, 0.717) is 30.2 Å². The molecular weight excluding hydrogens is 488 g/mol. The summed E-state index contributed by atoms with van der Waals surface area (Å²) in [5.74, 6) is 0.789. The fourth-order valence-electron chi connectivity index (χ4n) is 5.20. The molecule has 3 heterocycles. The summed E-state index contributed by atoms with van der Waals surface area (Å²) in [6.45, 7) is 6.55. The maximum absolute atomic E-state index is 13.2. The van der Waals surface area contributed by atoms with Gasteiger partial charge in [0.1, 0.15) is 0 Å². The van der Waals surface area contributed by atoms with Gasteiger partial charge in [-0.15, -0.1) is 5.10 Å². The molecule has 0 aliphatic carbocycles. The lowest BCUT2D eigenvalue weighted by Gasteiger charge is -2.31. The second kappa shape index (κ2) is 11.5. The first-order chi connectivity index (χ1) is 18.0. The van der Waals surface area contributed by atoms with Crippen molar-refractivity contribution in [1.29, 1.82) is 0 Å². The SMILES string of the molecule is CCCC(c1nnnn1CC1CCCO1)N(Cc1ccccc1Cl)Cc1cc2cccc(C)c2[nH]c1=O. The zero-order valence-corrected chi connectivity index (χ0v) is 22.1. The maximum atomic E-state index is 13.2. The number of fused-ring (bicyclic) bond motifs is 1. The number of hydrogen-bond acceptors (Lipinski definition) is 6. The van der Waals surface area contributed by atoms with Crippen LogP contribution in [0.3, 0.4) is 0 Å². The van der Waals surface area contributed by atoms with Gasteiger partial charge >= 0.3 is 0 Å². The highest BCUT2D eigenvalue weighted by Gasteiger charge is 2.29. The van der Waals surface area contributed by atoms with Crippen LogP contribution in [0, 0.1) is 6.92 Å². The highest BCUT2D eigenvalue weighted by molar-refractivity contribution is 6.31. The van der Waals surface area contributed by atoms with Crippen molar-refractivity contribution in [3.8, 4) is 0 Å². The van der Waals surface area contributed by atoms with Crippen molar-refractivity contribution in [1.82, 2.24) is 30.1 Å². The average molecular weight is 521 g/mol. The number of nitrogens with zero attached hydrogens (tertiary/aromatic N) is 5. The molecule has 2 aromatic carbocycles. The van der Waals surface area contributed by atoms with Crippen LogP contribution in [0.2, 0.25) is 5.02 Å². The van der Waals surface area contributed by atoms with Crippen molar-refractivity contribution in [2.45, 2.75) is 71.3 Å². The van der Waals surface area contributed by atoms with E-state index in [-0.39, 0.29) is 17.7 Å². The second-order valence-corrected chi connectivity index (χ2v) is 10.2. The molecule has 8 nitrogen and oxygen atoms in total. The van der Waals surface area contributed by atoms with Crippen molar-refractivity contribution < 1.29 is 4.74 Å². The number of rotatable bonds is 10. The minimum Gasteiger partial charge on any atom is -0.376 e. The van der Waals surface area contributed by atoms with E-state index in [2.05, 4.69) is 32.3 Å². The highest BCUT2D eigenvalue weighted by atomic mass is 35.5. The molecular formula is C28H33ClN6O2. The Morgan fingerprint density at radius 3 is 2.81 bits per heavy atom. The zero-order chi connectivity index (χ0) is 25.8. The Balaban J connectivity index is 1.54. The van der Waals surface area contributed by atoms with E-state index < -0.39 is 0 Å². The van der Waals surface area contributed by atoms with E-state index >= 15 is 0 Å². The Labute approximate surface area is 221 Å². The highest BCUT2D eigenvalue weighted by Crippen LogP contribution is 2.30. The largest absolute Gasteiger partial charge is 0.376 e. The first-order valence-electron chi connectivity index (χ1n) is 13.0. The number of benzene rings is 2. The van der Waals surface area contributed by atoms with Crippen molar-refractivity contribution >= 4 is 22.5 Å². The minimum atomic E-state index is -0.106. The second-order valence-electron chi connectivity index (χ2n) is 9.82.